The van der Waals surface area contributed by atoms with Crippen molar-refractivity contribution in [2.75, 3.05) is 17.7 Å². The van der Waals surface area contributed by atoms with E-state index in [1.165, 1.54) is 7.11 Å². The molecule has 0 bridgehead atoms. The van der Waals surface area contributed by atoms with E-state index in [0.29, 0.717) is 16.9 Å². The fraction of sp³-hybridized carbons (Fsp3) is 0.0667. The zero-order valence-corrected chi connectivity index (χ0v) is 12.8. The highest BCUT2D eigenvalue weighted by molar-refractivity contribution is 9.10. The van der Waals surface area contributed by atoms with Gasteiger partial charge in [-0.1, -0.05) is 28.1 Å². The van der Waals surface area contributed by atoms with Crippen LogP contribution in [0.1, 0.15) is 10.4 Å². The highest BCUT2D eigenvalue weighted by Gasteiger charge is 2.07. The normalized spacial score (nSPS) is 9.81. The maximum Gasteiger partial charge on any atom is 0.337 e. The molecule has 2 rings (SSSR count). The number of rotatable bonds is 3. The molecular formula is C15H13BrN2O3. The van der Waals surface area contributed by atoms with Gasteiger partial charge in [-0.3, -0.25) is 0 Å². The van der Waals surface area contributed by atoms with Crippen molar-refractivity contribution in [2.24, 2.45) is 0 Å². The molecule has 2 amide bonds. The zero-order chi connectivity index (χ0) is 15.2. The van der Waals surface area contributed by atoms with Crippen molar-refractivity contribution in [3.63, 3.8) is 0 Å². The van der Waals surface area contributed by atoms with Gasteiger partial charge in [0, 0.05) is 15.8 Å². The first-order valence-electron chi connectivity index (χ1n) is 6.10. The molecule has 108 valence electrons. The Morgan fingerprint density at radius 1 is 1.00 bits per heavy atom. The van der Waals surface area contributed by atoms with Gasteiger partial charge in [0.05, 0.1) is 12.7 Å². The first kappa shape index (κ1) is 15.1. The number of amides is 2. The Balaban J connectivity index is 2.04. The minimum absolute atomic E-state index is 0.373. The number of hydrogen-bond acceptors (Lipinski definition) is 3. The van der Waals surface area contributed by atoms with Crippen LogP contribution in [0, 0.1) is 0 Å². The first-order valence-corrected chi connectivity index (χ1v) is 6.90. The van der Waals surface area contributed by atoms with E-state index >= 15 is 0 Å². The topological polar surface area (TPSA) is 67.4 Å². The van der Waals surface area contributed by atoms with Crippen LogP contribution in [-0.4, -0.2) is 19.1 Å². The molecule has 0 saturated heterocycles. The minimum Gasteiger partial charge on any atom is -0.465 e. The molecular weight excluding hydrogens is 336 g/mol. The summed E-state index contributed by atoms with van der Waals surface area (Å²) in [6, 6.07) is 13.4. The fourth-order valence-electron chi connectivity index (χ4n) is 1.70. The van der Waals surface area contributed by atoms with Gasteiger partial charge in [0.1, 0.15) is 0 Å². The summed E-state index contributed by atoms with van der Waals surface area (Å²) < 4.78 is 5.50. The molecule has 0 unspecified atom stereocenters. The van der Waals surface area contributed by atoms with E-state index in [1.54, 1.807) is 36.4 Å². The predicted octanol–water partition coefficient (Wildman–Crippen LogP) is 3.88. The predicted molar refractivity (Wildman–Crippen MR) is 84.6 cm³/mol. The quantitative estimate of drug-likeness (QED) is 0.827. The molecule has 0 spiro atoms. The van der Waals surface area contributed by atoms with E-state index in [0.717, 1.165) is 4.47 Å². The van der Waals surface area contributed by atoms with Crippen molar-refractivity contribution in [1.29, 1.82) is 0 Å². The van der Waals surface area contributed by atoms with Gasteiger partial charge < -0.3 is 15.4 Å². The first-order chi connectivity index (χ1) is 10.1. The molecule has 2 aromatic carbocycles. The molecule has 0 fully saturated rings. The summed E-state index contributed by atoms with van der Waals surface area (Å²) in [4.78, 5) is 23.3. The smallest absolute Gasteiger partial charge is 0.337 e. The molecule has 0 aliphatic carbocycles. The third-order valence-electron chi connectivity index (χ3n) is 2.62. The summed E-state index contributed by atoms with van der Waals surface area (Å²) in [7, 11) is 1.31. The van der Waals surface area contributed by atoms with E-state index in [9.17, 15) is 9.59 Å². The number of hydrogen-bond donors (Lipinski definition) is 2. The fourth-order valence-corrected chi connectivity index (χ4v) is 2.10. The number of methoxy groups -OCH3 is 1. The Morgan fingerprint density at radius 3 is 2.24 bits per heavy atom. The van der Waals surface area contributed by atoms with Crippen LogP contribution in [0.25, 0.3) is 0 Å². The Hall–Kier alpha value is -2.34. The Labute approximate surface area is 130 Å². The third kappa shape index (κ3) is 4.32. The number of nitrogens with one attached hydrogen (secondary N) is 2. The number of benzene rings is 2. The van der Waals surface area contributed by atoms with Crippen molar-refractivity contribution < 1.29 is 14.3 Å². The van der Waals surface area contributed by atoms with Gasteiger partial charge >= 0.3 is 12.0 Å². The van der Waals surface area contributed by atoms with Crippen molar-refractivity contribution in [3.05, 3.63) is 58.6 Å². The molecule has 0 aromatic heterocycles. The Morgan fingerprint density at radius 2 is 1.62 bits per heavy atom. The van der Waals surface area contributed by atoms with Crippen LogP contribution in [0.15, 0.2) is 53.0 Å². The second kappa shape index (κ2) is 6.90. The average Bonchev–Trinajstić information content (AvgIpc) is 2.46. The van der Waals surface area contributed by atoms with Crippen molar-refractivity contribution >= 4 is 39.3 Å². The van der Waals surface area contributed by atoms with E-state index in [-0.39, 0.29) is 0 Å². The average molecular weight is 349 g/mol. The number of esters is 1. The summed E-state index contributed by atoms with van der Waals surface area (Å²) in [6.45, 7) is 0. The van der Waals surface area contributed by atoms with Gasteiger partial charge in [-0.05, 0) is 36.4 Å². The monoisotopic (exact) mass is 348 g/mol. The maximum atomic E-state index is 11.9. The number of halogens is 1. The van der Waals surface area contributed by atoms with Gasteiger partial charge in [-0.2, -0.15) is 0 Å². The summed E-state index contributed by atoms with van der Waals surface area (Å²) in [6.07, 6.45) is 0. The van der Waals surface area contributed by atoms with Gasteiger partial charge in [-0.25, -0.2) is 9.59 Å². The molecule has 0 aliphatic rings. The zero-order valence-electron chi connectivity index (χ0n) is 11.2. The highest BCUT2D eigenvalue weighted by atomic mass is 79.9. The second-order valence-corrected chi connectivity index (χ2v) is 5.08. The summed E-state index contributed by atoms with van der Waals surface area (Å²) in [5.74, 6) is -0.453. The minimum atomic E-state index is -0.453. The third-order valence-corrected chi connectivity index (χ3v) is 3.12. The van der Waals surface area contributed by atoms with E-state index in [1.807, 2.05) is 12.1 Å². The number of urea groups is 1. The lowest BCUT2D eigenvalue weighted by molar-refractivity contribution is 0.0600. The van der Waals surface area contributed by atoms with E-state index in [4.69, 9.17) is 0 Å². The number of carbonyl (C=O) groups is 2. The van der Waals surface area contributed by atoms with Crippen LogP contribution in [0.2, 0.25) is 0 Å². The Bertz CT molecular complexity index is 673. The molecule has 6 heteroatoms. The number of carbonyl (C=O) groups excluding carboxylic acids is 2. The largest absolute Gasteiger partial charge is 0.465 e. The van der Waals surface area contributed by atoms with Crippen LogP contribution in [0.4, 0.5) is 16.2 Å². The molecule has 5 nitrogen and oxygen atoms in total. The van der Waals surface area contributed by atoms with Crippen molar-refractivity contribution in [1.82, 2.24) is 0 Å². The van der Waals surface area contributed by atoms with Crippen LogP contribution in [-0.2, 0) is 4.74 Å². The van der Waals surface area contributed by atoms with Gasteiger partial charge in [0.2, 0.25) is 0 Å². The van der Waals surface area contributed by atoms with Crippen molar-refractivity contribution in [2.45, 2.75) is 0 Å². The van der Waals surface area contributed by atoms with Gasteiger partial charge in [-0.15, -0.1) is 0 Å². The molecule has 0 radical (unpaired) electrons. The van der Waals surface area contributed by atoms with E-state index in [2.05, 4.69) is 31.3 Å². The molecule has 2 aromatic rings. The molecule has 0 saturated carbocycles. The molecule has 21 heavy (non-hydrogen) atoms. The lowest BCUT2D eigenvalue weighted by atomic mass is 10.2. The highest BCUT2D eigenvalue weighted by Crippen LogP contribution is 2.16. The number of anilines is 2. The molecule has 0 atom stereocenters. The molecule has 2 N–H and O–H groups in total. The van der Waals surface area contributed by atoms with E-state index < -0.39 is 12.0 Å². The standard InChI is InChI=1S/C15H13BrN2O3/c1-21-14(19)10-4-2-6-12(8-10)17-15(20)18-13-7-3-5-11(16)9-13/h2-9H,1H3,(H2,17,18,20). The van der Waals surface area contributed by atoms with Crippen LogP contribution < -0.4 is 10.6 Å². The number of ether oxygens (including phenoxy) is 1. The molecule has 0 aliphatic heterocycles. The van der Waals surface area contributed by atoms with Crippen LogP contribution in [0.5, 0.6) is 0 Å². The van der Waals surface area contributed by atoms with Gasteiger partial charge in [0.25, 0.3) is 0 Å². The van der Waals surface area contributed by atoms with Crippen LogP contribution in [0.3, 0.4) is 0 Å². The lowest BCUT2D eigenvalue weighted by Crippen LogP contribution is -2.19. The van der Waals surface area contributed by atoms with Gasteiger partial charge in [0.15, 0.2) is 0 Å². The second-order valence-electron chi connectivity index (χ2n) is 4.16. The lowest BCUT2D eigenvalue weighted by Gasteiger charge is -2.08. The van der Waals surface area contributed by atoms with Crippen molar-refractivity contribution in [3.8, 4) is 0 Å². The summed E-state index contributed by atoms with van der Waals surface area (Å²) in [5, 5.41) is 5.35. The molecule has 0 heterocycles. The maximum absolute atomic E-state index is 11.9. The summed E-state index contributed by atoms with van der Waals surface area (Å²) >= 11 is 3.33. The SMILES string of the molecule is COC(=O)c1cccc(NC(=O)Nc2cccc(Br)c2)c1. The van der Waals surface area contributed by atoms with Crippen LogP contribution >= 0.6 is 15.9 Å². The summed E-state index contributed by atoms with van der Waals surface area (Å²) in [5.41, 5.74) is 1.54. The Kier molecular flexibility index (Phi) is 4.94.